The highest BCUT2D eigenvalue weighted by Gasteiger charge is 2.33. The molecule has 0 bridgehead atoms. The van der Waals surface area contributed by atoms with Crippen LogP contribution in [0.1, 0.15) is 23.4 Å². The van der Waals surface area contributed by atoms with Crippen LogP contribution in [0.5, 0.6) is 5.75 Å². The summed E-state index contributed by atoms with van der Waals surface area (Å²) in [6.07, 6.45) is -8.12. The standard InChI is InChI=1S/C9H7ClF5NO2/c10-2-5-7(18-9(13,14)15)1-4(8(11)12)6(3-17)16-5/h1,8,17H,2-3H2. The van der Waals surface area contributed by atoms with E-state index in [2.05, 4.69) is 9.72 Å². The van der Waals surface area contributed by atoms with Gasteiger partial charge in [-0.05, 0) is 6.07 Å². The van der Waals surface area contributed by atoms with E-state index in [-0.39, 0.29) is 5.69 Å². The van der Waals surface area contributed by atoms with Gasteiger partial charge in [0.2, 0.25) is 0 Å². The average molecular weight is 292 g/mol. The molecule has 0 atom stereocenters. The largest absolute Gasteiger partial charge is 0.573 e. The van der Waals surface area contributed by atoms with Crippen LogP contribution in [0.2, 0.25) is 0 Å². The summed E-state index contributed by atoms with van der Waals surface area (Å²) >= 11 is 5.34. The summed E-state index contributed by atoms with van der Waals surface area (Å²) in [6.45, 7) is -0.837. The van der Waals surface area contributed by atoms with Crippen molar-refractivity contribution in [3.05, 3.63) is 23.0 Å². The van der Waals surface area contributed by atoms with Crippen molar-refractivity contribution >= 4 is 11.6 Å². The average Bonchev–Trinajstić information content (AvgIpc) is 2.26. The van der Waals surface area contributed by atoms with Crippen LogP contribution in [-0.2, 0) is 12.5 Å². The monoisotopic (exact) mass is 291 g/mol. The molecule has 1 aromatic rings. The van der Waals surface area contributed by atoms with Gasteiger partial charge in [0.05, 0.1) is 23.9 Å². The van der Waals surface area contributed by atoms with Gasteiger partial charge in [-0.25, -0.2) is 13.8 Å². The van der Waals surface area contributed by atoms with Crippen LogP contribution >= 0.6 is 11.6 Å². The number of halogens is 6. The molecule has 0 fully saturated rings. The maximum Gasteiger partial charge on any atom is 0.573 e. The van der Waals surface area contributed by atoms with Gasteiger partial charge in [0.1, 0.15) is 0 Å². The Morgan fingerprint density at radius 1 is 1.33 bits per heavy atom. The molecule has 1 heterocycles. The fourth-order valence-electron chi connectivity index (χ4n) is 1.21. The molecule has 18 heavy (non-hydrogen) atoms. The van der Waals surface area contributed by atoms with Crippen molar-refractivity contribution in [2.24, 2.45) is 0 Å². The number of aromatic nitrogens is 1. The summed E-state index contributed by atoms with van der Waals surface area (Å²) in [6, 6.07) is 0.481. The van der Waals surface area contributed by atoms with Crippen LogP contribution in [-0.4, -0.2) is 16.5 Å². The van der Waals surface area contributed by atoms with E-state index < -0.39 is 42.3 Å². The van der Waals surface area contributed by atoms with E-state index in [9.17, 15) is 22.0 Å². The molecule has 0 aromatic carbocycles. The van der Waals surface area contributed by atoms with Gasteiger partial charge in [0.25, 0.3) is 6.43 Å². The van der Waals surface area contributed by atoms with Crippen molar-refractivity contribution in [1.29, 1.82) is 0 Å². The van der Waals surface area contributed by atoms with Crippen molar-refractivity contribution in [2.45, 2.75) is 25.3 Å². The van der Waals surface area contributed by atoms with Gasteiger partial charge >= 0.3 is 6.36 Å². The van der Waals surface area contributed by atoms with E-state index in [4.69, 9.17) is 16.7 Å². The third-order valence-electron chi connectivity index (χ3n) is 1.91. The number of alkyl halides is 6. The number of hydrogen-bond acceptors (Lipinski definition) is 3. The summed E-state index contributed by atoms with van der Waals surface area (Å²) in [4.78, 5) is 3.43. The predicted octanol–water partition coefficient (Wildman–Crippen LogP) is 3.15. The molecule has 3 nitrogen and oxygen atoms in total. The van der Waals surface area contributed by atoms with Gasteiger partial charge in [-0.3, -0.25) is 0 Å². The molecule has 0 saturated carbocycles. The zero-order valence-electron chi connectivity index (χ0n) is 8.64. The minimum absolute atomic E-state index is 0.373. The number of hydrogen-bond donors (Lipinski definition) is 1. The minimum atomic E-state index is -5.04. The van der Waals surface area contributed by atoms with E-state index in [0.717, 1.165) is 0 Å². The van der Waals surface area contributed by atoms with E-state index in [1.807, 2.05) is 0 Å². The molecular weight excluding hydrogens is 285 g/mol. The summed E-state index contributed by atoms with van der Waals surface area (Å²) in [5, 5.41) is 8.81. The molecule has 0 aliphatic carbocycles. The lowest BCUT2D eigenvalue weighted by molar-refractivity contribution is -0.275. The van der Waals surface area contributed by atoms with Crippen molar-refractivity contribution in [2.75, 3.05) is 0 Å². The number of aliphatic hydroxyl groups is 1. The first-order valence-electron chi connectivity index (χ1n) is 4.52. The summed E-state index contributed by atoms with van der Waals surface area (Å²) < 4.78 is 64.8. The number of aliphatic hydroxyl groups excluding tert-OH is 1. The van der Waals surface area contributed by atoms with Crippen LogP contribution in [0.25, 0.3) is 0 Å². The number of pyridine rings is 1. The molecule has 0 amide bonds. The fraction of sp³-hybridized carbons (Fsp3) is 0.444. The van der Waals surface area contributed by atoms with Crippen LogP contribution in [0.3, 0.4) is 0 Å². The number of ether oxygens (including phenoxy) is 1. The molecule has 1 rings (SSSR count). The Balaban J connectivity index is 3.27. The van der Waals surface area contributed by atoms with E-state index in [0.29, 0.717) is 6.07 Å². The predicted molar refractivity (Wildman–Crippen MR) is 51.4 cm³/mol. The lowest BCUT2D eigenvalue weighted by atomic mass is 10.1. The maximum absolute atomic E-state index is 12.5. The highest BCUT2D eigenvalue weighted by Crippen LogP contribution is 2.32. The zero-order chi connectivity index (χ0) is 13.9. The number of rotatable bonds is 4. The molecule has 0 aliphatic rings. The first-order valence-corrected chi connectivity index (χ1v) is 5.05. The Kier molecular flexibility index (Phi) is 4.69. The highest BCUT2D eigenvalue weighted by molar-refractivity contribution is 6.17. The second-order valence-electron chi connectivity index (χ2n) is 3.11. The smallest absolute Gasteiger partial charge is 0.404 e. The molecule has 1 aromatic heterocycles. The lowest BCUT2D eigenvalue weighted by Gasteiger charge is -2.15. The van der Waals surface area contributed by atoms with Crippen LogP contribution in [0, 0.1) is 0 Å². The van der Waals surface area contributed by atoms with Gasteiger partial charge in [0, 0.05) is 5.56 Å². The molecule has 1 N–H and O–H groups in total. The summed E-state index contributed by atoms with van der Waals surface area (Å²) in [7, 11) is 0. The van der Waals surface area contributed by atoms with Gasteiger partial charge in [-0.15, -0.1) is 24.8 Å². The van der Waals surface area contributed by atoms with Gasteiger partial charge in [-0.1, -0.05) is 0 Å². The molecule has 0 aliphatic heterocycles. The summed E-state index contributed by atoms with van der Waals surface area (Å²) in [5.74, 6) is -1.37. The Morgan fingerprint density at radius 3 is 2.33 bits per heavy atom. The minimum Gasteiger partial charge on any atom is -0.404 e. The Morgan fingerprint density at radius 2 is 1.94 bits per heavy atom. The normalized spacial score (nSPS) is 12.0. The molecule has 0 radical (unpaired) electrons. The highest BCUT2D eigenvalue weighted by atomic mass is 35.5. The Labute approximate surface area is 103 Å². The lowest BCUT2D eigenvalue weighted by Crippen LogP contribution is -2.19. The van der Waals surface area contributed by atoms with Crippen LogP contribution in [0.15, 0.2) is 6.07 Å². The zero-order valence-corrected chi connectivity index (χ0v) is 9.40. The van der Waals surface area contributed by atoms with Crippen molar-refractivity contribution in [3.63, 3.8) is 0 Å². The molecule has 9 heteroatoms. The van der Waals surface area contributed by atoms with Crippen LogP contribution in [0.4, 0.5) is 22.0 Å². The second-order valence-corrected chi connectivity index (χ2v) is 3.38. The van der Waals surface area contributed by atoms with Crippen molar-refractivity contribution in [1.82, 2.24) is 4.98 Å². The van der Waals surface area contributed by atoms with Crippen molar-refractivity contribution in [3.8, 4) is 5.75 Å². The third kappa shape index (κ3) is 3.67. The van der Waals surface area contributed by atoms with E-state index >= 15 is 0 Å². The Hall–Kier alpha value is -1.15. The molecule has 0 saturated heterocycles. The summed E-state index contributed by atoms with van der Waals surface area (Å²) in [5.41, 5.74) is -1.64. The Bertz CT molecular complexity index is 424. The molecular formula is C9H7ClF5NO2. The maximum atomic E-state index is 12.5. The van der Waals surface area contributed by atoms with E-state index in [1.54, 1.807) is 0 Å². The van der Waals surface area contributed by atoms with E-state index in [1.165, 1.54) is 0 Å². The quantitative estimate of drug-likeness (QED) is 0.684. The molecule has 0 spiro atoms. The SMILES string of the molecule is OCc1nc(CCl)c(OC(F)(F)F)cc1C(F)F. The van der Waals surface area contributed by atoms with Gasteiger partial charge in [-0.2, -0.15) is 0 Å². The third-order valence-corrected chi connectivity index (χ3v) is 2.16. The van der Waals surface area contributed by atoms with Crippen LogP contribution < -0.4 is 4.74 Å². The first-order chi connectivity index (χ1) is 8.28. The van der Waals surface area contributed by atoms with Crippen molar-refractivity contribution < 1.29 is 31.8 Å². The fourth-order valence-corrected chi connectivity index (χ4v) is 1.41. The topological polar surface area (TPSA) is 42.4 Å². The second kappa shape index (κ2) is 5.66. The molecule has 0 unspecified atom stereocenters. The molecule has 102 valence electrons. The number of nitrogens with zero attached hydrogens (tertiary/aromatic N) is 1. The van der Waals surface area contributed by atoms with Gasteiger partial charge < -0.3 is 9.84 Å². The van der Waals surface area contributed by atoms with Gasteiger partial charge in [0.15, 0.2) is 5.75 Å². The first kappa shape index (κ1) is 14.9.